The van der Waals surface area contributed by atoms with Gasteiger partial charge in [0.15, 0.2) is 0 Å². The van der Waals surface area contributed by atoms with Crippen molar-refractivity contribution in [3.05, 3.63) is 59.7 Å². The summed E-state index contributed by atoms with van der Waals surface area (Å²) in [5, 5.41) is 22.6. The molecule has 0 aliphatic rings. The van der Waals surface area contributed by atoms with E-state index in [4.69, 9.17) is 0 Å². The monoisotopic (exact) mass is 270 g/mol. The summed E-state index contributed by atoms with van der Waals surface area (Å²) in [7, 11) is 0. The summed E-state index contributed by atoms with van der Waals surface area (Å²) in [6, 6.07) is 13.2. The molecule has 0 bridgehead atoms. The Morgan fingerprint density at radius 3 is 2.70 bits per heavy atom. The molecule has 0 spiro atoms. The molecule has 1 amide bonds. The van der Waals surface area contributed by atoms with Gasteiger partial charge in [0.2, 0.25) is 5.91 Å². The van der Waals surface area contributed by atoms with Gasteiger partial charge in [-0.3, -0.25) is 4.79 Å². The Labute approximate surface area is 116 Å². The molecule has 0 heterocycles. The lowest BCUT2D eigenvalue weighted by atomic mass is 10.1. The van der Waals surface area contributed by atoms with Crippen LogP contribution in [0.3, 0.4) is 0 Å². The van der Waals surface area contributed by atoms with E-state index in [1.807, 2.05) is 0 Å². The molecule has 2 aromatic rings. The molecule has 0 aromatic heterocycles. The van der Waals surface area contributed by atoms with Gasteiger partial charge in [0.05, 0.1) is 12.6 Å². The SMILES string of the molecule is O=C(Cc1cccc(O)c1)N/N=C/c1ccccc1O. The molecule has 5 nitrogen and oxygen atoms in total. The first-order valence-corrected chi connectivity index (χ1v) is 6.03. The smallest absolute Gasteiger partial charge is 0.244 e. The van der Waals surface area contributed by atoms with Crippen LogP contribution in [0.5, 0.6) is 11.5 Å². The molecule has 0 saturated carbocycles. The molecule has 20 heavy (non-hydrogen) atoms. The highest BCUT2D eigenvalue weighted by atomic mass is 16.3. The largest absolute Gasteiger partial charge is 0.508 e. The van der Waals surface area contributed by atoms with Crippen LogP contribution in [-0.2, 0) is 11.2 Å². The van der Waals surface area contributed by atoms with E-state index in [9.17, 15) is 15.0 Å². The van der Waals surface area contributed by atoms with E-state index in [-0.39, 0.29) is 23.8 Å². The standard InChI is InChI=1S/C15H14N2O3/c18-13-6-3-4-11(8-13)9-15(20)17-16-10-12-5-1-2-7-14(12)19/h1-8,10,18-19H,9H2,(H,17,20)/b16-10+. The van der Waals surface area contributed by atoms with Gasteiger partial charge in [0, 0.05) is 5.56 Å². The first kappa shape index (κ1) is 13.6. The number of carbonyl (C=O) groups is 1. The molecule has 2 aromatic carbocycles. The summed E-state index contributed by atoms with van der Waals surface area (Å²) in [4.78, 5) is 11.6. The number of benzene rings is 2. The number of nitrogens with zero attached hydrogens (tertiary/aromatic N) is 1. The number of carbonyl (C=O) groups excluding carboxylic acids is 1. The molecule has 2 rings (SSSR count). The summed E-state index contributed by atoms with van der Waals surface area (Å²) >= 11 is 0. The summed E-state index contributed by atoms with van der Waals surface area (Å²) < 4.78 is 0. The average Bonchev–Trinajstić information content (AvgIpc) is 2.41. The second-order valence-electron chi connectivity index (χ2n) is 4.20. The van der Waals surface area contributed by atoms with E-state index in [2.05, 4.69) is 10.5 Å². The van der Waals surface area contributed by atoms with Crippen molar-refractivity contribution >= 4 is 12.1 Å². The van der Waals surface area contributed by atoms with Gasteiger partial charge in [0.25, 0.3) is 0 Å². The van der Waals surface area contributed by atoms with Crippen LogP contribution in [0.2, 0.25) is 0 Å². The van der Waals surface area contributed by atoms with Gasteiger partial charge >= 0.3 is 0 Å². The third-order valence-corrected chi connectivity index (χ3v) is 2.60. The second kappa shape index (κ2) is 6.38. The lowest BCUT2D eigenvalue weighted by molar-refractivity contribution is -0.120. The summed E-state index contributed by atoms with van der Waals surface area (Å²) in [6.07, 6.45) is 1.49. The number of aromatic hydroxyl groups is 2. The molecule has 0 fully saturated rings. The van der Waals surface area contributed by atoms with Crippen molar-refractivity contribution in [1.82, 2.24) is 5.43 Å². The Bertz CT molecular complexity index is 639. The Morgan fingerprint density at radius 2 is 1.95 bits per heavy atom. The van der Waals surface area contributed by atoms with Gasteiger partial charge in [-0.1, -0.05) is 24.3 Å². The maximum atomic E-state index is 11.6. The lowest BCUT2D eigenvalue weighted by Crippen LogP contribution is -2.19. The molecule has 0 saturated heterocycles. The van der Waals surface area contributed by atoms with Crippen LogP contribution in [-0.4, -0.2) is 22.3 Å². The maximum absolute atomic E-state index is 11.6. The van der Waals surface area contributed by atoms with E-state index in [1.165, 1.54) is 24.4 Å². The number of hydrazone groups is 1. The topological polar surface area (TPSA) is 81.9 Å². The van der Waals surface area contributed by atoms with Gasteiger partial charge in [0.1, 0.15) is 11.5 Å². The van der Waals surface area contributed by atoms with Crippen LogP contribution in [0.4, 0.5) is 0 Å². The molecule has 0 aliphatic carbocycles. The molecule has 0 atom stereocenters. The van der Waals surface area contributed by atoms with E-state index < -0.39 is 0 Å². The highest BCUT2D eigenvalue weighted by molar-refractivity contribution is 5.85. The third kappa shape index (κ3) is 3.84. The predicted octanol–water partition coefficient (Wildman–Crippen LogP) is 1.79. The molecular weight excluding hydrogens is 256 g/mol. The molecule has 0 aliphatic heterocycles. The first-order valence-electron chi connectivity index (χ1n) is 6.03. The Hall–Kier alpha value is -2.82. The fourth-order valence-corrected chi connectivity index (χ4v) is 1.66. The van der Waals surface area contributed by atoms with Gasteiger partial charge in [-0.25, -0.2) is 5.43 Å². The van der Waals surface area contributed by atoms with Gasteiger partial charge in [-0.05, 0) is 29.8 Å². The Kier molecular flexibility index (Phi) is 4.34. The zero-order valence-electron chi connectivity index (χ0n) is 10.7. The van der Waals surface area contributed by atoms with E-state index in [1.54, 1.807) is 30.3 Å². The molecule has 0 unspecified atom stereocenters. The van der Waals surface area contributed by atoms with Crippen molar-refractivity contribution in [1.29, 1.82) is 0 Å². The Balaban J connectivity index is 1.91. The number of nitrogens with one attached hydrogen (secondary N) is 1. The quantitative estimate of drug-likeness (QED) is 0.585. The van der Waals surface area contributed by atoms with Crippen molar-refractivity contribution in [2.75, 3.05) is 0 Å². The lowest BCUT2D eigenvalue weighted by Gasteiger charge is -2.01. The normalized spacial score (nSPS) is 10.6. The number of phenolic OH excluding ortho intramolecular Hbond substituents is 2. The predicted molar refractivity (Wildman–Crippen MR) is 75.7 cm³/mol. The highest BCUT2D eigenvalue weighted by Crippen LogP contribution is 2.13. The van der Waals surface area contributed by atoms with Gasteiger partial charge in [-0.15, -0.1) is 0 Å². The fourth-order valence-electron chi connectivity index (χ4n) is 1.66. The van der Waals surface area contributed by atoms with Crippen LogP contribution in [0, 0.1) is 0 Å². The van der Waals surface area contributed by atoms with Crippen molar-refractivity contribution in [3.63, 3.8) is 0 Å². The molecule has 5 heteroatoms. The molecule has 0 radical (unpaired) electrons. The van der Waals surface area contributed by atoms with Crippen molar-refractivity contribution < 1.29 is 15.0 Å². The zero-order valence-corrected chi connectivity index (χ0v) is 10.7. The van der Waals surface area contributed by atoms with Crippen LogP contribution < -0.4 is 5.43 Å². The summed E-state index contributed by atoms with van der Waals surface area (Å²) in [5.41, 5.74) is 3.58. The number of para-hydroxylation sites is 1. The van der Waals surface area contributed by atoms with Crippen LogP contribution in [0.25, 0.3) is 0 Å². The minimum Gasteiger partial charge on any atom is -0.508 e. The van der Waals surface area contributed by atoms with Crippen LogP contribution in [0.1, 0.15) is 11.1 Å². The van der Waals surface area contributed by atoms with E-state index >= 15 is 0 Å². The third-order valence-electron chi connectivity index (χ3n) is 2.60. The first-order chi connectivity index (χ1) is 9.65. The second-order valence-corrected chi connectivity index (χ2v) is 4.20. The number of hydrogen-bond donors (Lipinski definition) is 3. The summed E-state index contributed by atoms with van der Waals surface area (Å²) in [5.74, 6) is -0.0891. The van der Waals surface area contributed by atoms with Gasteiger partial charge < -0.3 is 10.2 Å². The number of rotatable bonds is 4. The maximum Gasteiger partial charge on any atom is 0.244 e. The van der Waals surface area contributed by atoms with Crippen LogP contribution >= 0.6 is 0 Å². The number of amides is 1. The van der Waals surface area contributed by atoms with Crippen molar-refractivity contribution in [2.24, 2.45) is 5.10 Å². The van der Waals surface area contributed by atoms with E-state index in [0.29, 0.717) is 11.1 Å². The average molecular weight is 270 g/mol. The molecule has 3 N–H and O–H groups in total. The number of hydrogen-bond acceptors (Lipinski definition) is 4. The van der Waals surface area contributed by atoms with Crippen molar-refractivity contribution in [2.45, 2.75) is 6.42 Å². The summed E-state index contributed by atoms with van der Waals surface area (Å²) in [6.45, 7) is 0. The van der Waals surface area contributed by atoms with Crippen molar-refractivity contribution in [3.8, 4) is 11.5 Å². The highest BCUT2D eigenvalue weighted by Gasteiger charge is 2.02. The Morgan fingerprint density at radius 1 is 1.15 bits per heavy atom. The van der Waals surface area contributed by atoms with Crippen LogP contribution in [0.15, 0.2) is 53.6 Å². The molecule has 102 valence electrons. The zero-order chi connectivity index (χ0) is 14.4. The number of phenols is 2. The van der Waals surface area contributed by atoms with Gasteiger partial charge in [-0.2, -0.15) is 5.10 Å². The molecular formula is C15H14N2O3. The minimum atomic E-state index is -0.303. The van der Waals surface area contributed by atoms with E-state index in [0.717, 1.165) is 0 Å². The fraction of sp³-hybridized carbons (Fsp3) is 0.0667. The minimum absolute atomic E-state index is 0.0958.